The third kappa shape index (κ3) is 6.61. The Balaban J connectivity index is 1.66. The van der Waals surface area contributed by atoms with Crippen LogP contribution in [0.5, 0.6) is 5.75 Å². The fourth-order valence-corrected chi connectivity index (χ4v) is 4.52. The quantitative estimate of drug-likeness (QED) is 0.308. The SMILES string of the molecule is CCOc1ccc([C@@H](C(=O)NCc2ccccc2)N(Cc2ccco2)C(=O)Cc2cccs2)cc1. The van der Waals surface area contributed by atoms with Gasteiger partial charge in [0.1, 0.15) is 17.6 Å². The van der Waals surface area contributed by atoms with E-state index in [2.05, 4.69) is 5.32 Å². The Morgan fingerprint density at radius 3 is 2.46 bits per heavy atom. The van der Waals surface area contributed by atoms with E-state index in [0.717, 1.165) is 10.4 Å². The molecule has 0 saturated carbocycles. The Kier molecular flexibility index (Phi) is 8.35. The molecule has 2 aromatic carbocycles. The van der Waals surface area contributed by atoms with Crippen LogP contribution in [0.2, 0.25) is 0 Å². The van der Waals surface area contributed by atoms with Crippen molar-refractivity contribution in [3.8, 4) is 5.75 Å². The third-order valence-corrected chi connectivity index (χ3v) is 6.39. The Morgan fingerprint density at radius 1 is 1.00 bits per heavy atom. The standard InChI is InChI=1S/C28H28N2O4S/c1-2-33-23-14-12-22(13-15-23)27(28(32)29-19-21-8-4-3-5-9-21)30(20-24-10-6-16-34-24)26(31)18-25-11-7-17-35-25/h3-17,27H,2,18-20H2,1H3,(H,29,32)/t27-/m0/s1. The number of thiophene rings is 1. The van der Waals surface area contributed by atoms with Gasteiger partial charge >= 0.3 is 0 Å². The van der Waals surface area contributed by atoms with Gasteiger partial charge in [0, 0.05) is 11.4 Å². The lowest BCUT2D eigenvalue weighted by atomic mass is 10.0. The van der Waals surface area contributed by atoms with Crippen molar-refractivity contribution in [2.45, 2.75) is 32.5 Å². The maximum atomic E-state index is 13.6. The molecule has 6 nitrogen and oxygen atoms in total. The van der Waals surface area contributed by atoms with E-state index in [1.54, 1.807) is 17.2 Å². The second-order valence-electron chi connectivity index (χ2n) is 7.97. The summed E-state index contributed by atoms with van der Waals surface area (Å²) in [6, 6.07) is 23.6. The molecule has 0 aliphatic rings. The van der Waals surface area contributed by atoms with Gasteiger partial charge in [0.2, 0.25) is 11.8 Å². The largest absolute Gasteiger partial charge is 0.494 e. The minimum atomic E-state index is -0.841. The highest BCUT2D eigenvalue weighted by molar-refractivity contribution is 7.10. The highest BCUT2D eigenvalue weighted by Crippen LogP contribution is 2.27. The number of nitrogens with one attached hydrogen (secondary N) is 1. The zero-order valence-electron chi connectivity index (χ0n) is 19.6. The number of hydrogen-bond acceptors (Lipinski definition) is 5. The molecule has 1 N–H and O–H groups in total. The van der Waals surface area contributed by atoms with Gasteiger partial charge in [-0.05, 0) is 53.8 Å². The van der Waals surface area contributed by atoms with Gasteiger partial charge in [-0.1, -0.05) is 48.5 Å². The molecule has 2 heterocycles. The first-order valence-corrected chi connectivity index (χ1v) is 12.4. The average molecular weight is 489 g/mol. The van der Waals surface area contributed by atoms with E-state index in [1.807, 2.05) is 85.1 Å². The normalized spacial score (nSPS) is 11.6. The van der Waals surface area contributed by atoms with Crippen LogP contribution >= 0.6 is 11.3 Å². The first-order chi connectivity index (χ1) is 17.1. The van der Waals surface area contributed by atoms with E-state index in [0.29, 0.717) is 30.2 Å². The second kappa shape index (κ2) is 12.0. The molecule has 0 spiro atoms. The molecule has 0 bridgehead atoms. The second-order valence-corrected chi connectivity index (χ2v) is 9.00. The van der Waals surface area contributed by atoms with Crippen molar-refractivity contribution in [1.82, 2.24) is 10.2 Å². The van der Waals surface area contributed by atoms with Gasteiger partial charge < -0.3 is 19.4 Å². The van der Waals surface area contributed by atoms with Crippen LogP contribution in [0.4, 0.5) is 0 Å². The lowest BCUT2D eigenvalue weighted by Gasteiger charge is -2.31. The van der Waals surface area contributed by atoms with Crippen LogP contribution in [0.1, 0.15) is 34.7 Å². The lowest BCUT2D eigenvalue weighted by molar-refractivity contribution is -0.141. The number of benzene rings is 2. The number of ether oxygens (including phenoxy) is 1. The monoisotopic (exact) mass is 488 g/mol. The van der Waals surface area contributed by atoms with Crippen LogP contribution < -0.4 is 10.1 Å². The Hall–Kier alpha value is -3.84. The lowest BCUT2D eigenvalue weighted by Crippen LogP contribution is -2.43. The summed E-state index contributed by atoms with van der Waals surface area (Å²) in [6.07, 6.45) is 1.77. The van der Waals surface area contributed by atoms with Gasteiger partial charge in [-0.15, -0.1) is 11.3 Å². The molecule has 35 heavy (non-hydrogen) atoms. The van der Waals surface area contributed by atoms with Crippen LogP contribution in [0.3, 0.4) is 0 Å². The van der Waals surface area contributed by atoms with Crippen molar-refractivity contribution in [3.63, 3.8) is 0 Å². The Bertz CT molecular complexity index is 1190. The first-order valence-electron chi connectivity index (χ1n) is 11.5. The maximum Gasteiger partial charge on any atom is 0.247 e. The van der Waals surface area contributed by atoms with Crippen molar-refractivity contribution in [2.75, 3.05) is 6.61 Å². The summed E-state index contributed by atoms with van der Waals surface area (Å²) in [7, 11) is 0. The maximum absolute atomic E-state index is 13.6. The molecule has 7 heteroatoms. The fraction of sp³-hybridized carbons (Fsp3) is 0.214. The Morgan fingerprint density at radius 2 is 1.80 bits per heavy atom. The zero-order valence-corrected chi connectivity index (χ0v) is 20.4. The smallest absolute Gasteiger partial charge is 0.247 e. The van der Waals surface area contributed by atoms with Gasteiger partial charge in [-0.25, -0.2) is 0 Å². The van der Waals surface area contributed by atoms with Crippen LogP contribution in [-0.2, 0) is 29.1 Å². The van der Waals surface area contributed by atoms with E-state index in [1.165, 1.54) is 11.3 Å². The van der Waals surface area contributed by atoms with Gasteiger partial charge in [0.05, 0.1) is 25.8 Å². The summed E-state index contributed by atoms with van der Waals surface area (Å²) in [5, 5.41) is 4.96. The van der Waals surface area contributed by atoms with Gasteiger partial charge in [0.25, 0.3) is 0 Å². The molecule has 4 aromatic rings. The highest BCUT2D eigenvalue weighted by Gasteiger charge is 2.32. The van der Waals surface area contributed by atoms with Crippen LogP contribution in [0.15, 0.2) is 94.9 Å². The van der Waals surface area contributed by atoms with Crippen LogP contribution in [0, 0.1) is 0 Å². The van der Waals surface area contributed by atoms with Crippen molar-refractivity contribution in [1.29, 1.82) is 0 Å². The summed E-state index contributed by atoms with van der Waals surface area (Å²) in [5.41, 5.74) is 1.68. The first kappa shape index (κ1) is 24.3. The van der Waals surface area contributed by atoms with Gasteiger partial charge in [-0.3, -0.25) is 9.59 Å². The molecule has 4 rings (SSSR count). The number of nitrogens with zero attached hydrogens (tertiary/aromatic N) is 1. The van der Waals surface area contributed by atoms with E-state index >= 15 is 0 Å². The molecule has 180 valence electrons. The van der Waals surface area contributed by atoms with E-state index in [4.69, 9.17) is 9.15 Å². The number of amides is 2. The average Bonchev–Trinajstić information content (AvgIpc) is 3.59. The van der Waals surface area contributed by atoms with Crippen LogP contribution in [-0.4, -0.2) is 23.3 Å². The molecule has 1 atom stereocenters. The van der Waals surface area contributed by atoms with E-state index in [-0.39, 0.29) is 24.8 Å². The molecule has 0 radical (unpaired) electrons. The molecule has 0 unspecified atom stereocenters. The number of furan rings is 1. The topological polar surface area (TPSA) is 71.8 Å². The van der Waals surface area contributed by atoms with Crippen molar-refractivity contribution in [2.24, 2.45) is 0 Å². The van der Waals surface area contributed by atoms with Gasteiger partial charge in [0.15, 0.2) is 0 Å². The van der Waals surface area contributed by atoms with Gasteiger partial charge in [-0.2, -0.15) is 0 Å². The number of carbonyl (C=O) groups is 2. The number of rotatable bonds is 11. The molecule has 0 saturated heterocycles. The predicted octanol–water partition coefficient (Wildman–Crippen LogP) is 5.37. The summed E-state index contributed by atoms with van der Waals surface area (Å²) < 4.78 is 11.1. The van der Waals surface area contributed by atoms with Crippen LogP contribution in [0.25, 0.3) is 0 Å². The Labute approximate surface area is 209 Å². The molecule has 0 aliphatic heterocycles. The molecular formula is C28H28N2O4S. The number of carbonyl (C=O) groups excluding carboxylic acids is 2. The van der Waals surface area contributed by atoms with Crippen molar-refractivity contribution >= 4 is 23.2 Å². The highest BCUT2D eigenvalue weighted by atomic mass is 32.1. The molecule has 0 aliphatic carbocycles. The molecular weight excluding hydrogens is 460 g/mol. The minimum absolute atomic E-state index is 0.155. The predicted molar refractivity (Wildman–Crippen MR) is 136 cm³/mol. The molecule has 2 aromatic heterocycles. The fourth-order valence-electron chi connectivity index (χ4n) is 3.83. The minimum Gasteiger partial charge on any atom is -0.494 e. The van der Waals surface area contributed by atoms with Crippen molar-refractivity contribution < 1.29 is 18.7 Å². The number of hydrogen-bond donors (Lipinski definition) is 1. The molecule has 0 fully saturated rings. The summed E-state index contributed by atoms with van der Waals surface area (Å²) in [6.45, 7) is 3.00. The third-order valence-electron chi connectivity index (χ3n) is 5.51. The van der Waals surface area contributed by atoms with E-state index < -0.39 is 6.04 Å². The molecule has 2 amide bonds. The van der Waals surface area contributed by atoms with E-state index in [9.17, 15) is 9.59 Å². The summed E-state index contributed by atoms with van der Waals surface area (Å²) in [4.78, 5) is 29.8. The van der Waals surface area contributed by atoms with Crippen molar-refractivity contribution in [3.05, 3.63) is 112 Å². The summed E-state index contributed by atoms with van der Waals surface area (Å²) in [5.74, 6) is 0.903. The zero-order chi connectivity index (χ0) is 24.5. The summed E-state index contributed by atoms with van der Waals surface area (Å²) >= 11 is 1.52.